The molecule has 4 saturated carbocycles. The van der Waals surface area contributed by atoms with Gasteiger partial charge in [0.2, 0.25) is 0 Å². The summed E-state index contributed by atoms with van der Waals surface area (Å²) in [6.07, 6.45) is -16.8. The molecule has 0 aromatic carbocycles. The van der Waals surface area contributed by atoms with E-state index in [2.05, 4.69) is 54.5 Å². The molecule has 3 saturated heterocycles. The van der Waals surface area contributed by atoms with E-state index in [4.69, 9.17) is 33.2 Å². The normalized spacial score (nSPS) is 50.2. The van der Waals surface area contributed by atoms with E-state index in [1.165, 1.54) is 5.57 Å². The number of esters is 1. The Morgan fingerprint density at radius 1 is 0.685 bits per heavy atom. The fourth-order valence-electron chi connectivity index (χ4n) is 16.9. The second kappa shape index (κ2) is 20.2. The monoisotopic (exact) mass is 1040 g/mol. The van der Waals surface area contributed by atoms with Crippen molar-refractivity contribution >= 4 is 23.3 Å². The first-order valence-electron chi connectivity index (χ1n) is 26.5. The maximum absolute atomic E-state index is 14.3. The number of methoxy groups -OCH3 is 1. The van der Waals surface area contributed by atoms with Crippen LogP contribution < -0.4 is 0 Å². The van der Waals surface area contributed by atoms with Crippen LogP contribution in [0.25, 0.3) is 0 Å². The molecule has 19 nitrogen and oxygen atoms in total. The van der Waals surface area contributed by atoms with Crippen molar-refractivity contribution in [3.63, 3.8) is 0 Å². The minimum Gasteiger partial charge on any atom is -0.467 e. The molecule has 7 fully saturated rings. The minimum absolute atomic E-state index is 0.00713. The topological polar surface area (TPSA) is 295 Å². The second-order valence-corrected chi connectivity index (χ2v) is 25.5. The quantitative estimate of drug-likeness (QED) is 0.0788. The number of aliphatic hydroxyl groups is 8. The molecule has 0 amide bonds. The van der Waals surface area contributed by atoms with Gasteiger partial charge in [-0.3, -0.25) is 9.59 Å². The Bertz CT molecular complexity index is 2130. The van der Waals surface area contributed by atoms with Crippen LogP contribution >= 0.6 is 0 Å². The van der Waals surface area contributed by atoms with Gasteiger partial charge in [0.1, 0.15) is 78.4 Å². The maximum Gasteiger partial charge on any atom is 0.337 e. The lowest BCUT2D eigenvalue weighted by Gasteiger charge is -2.73. The van der Waals surface area contributed by atoms with Crippen molar-refractivity contribution in [2.75, 3.05) is 20.3 Å². The van der Waals surface area contributed by atoms with E-state index in [-0.39, 0.29) is 57.8 Å². The molecule has 0 radical (unpaired) electrons. The molecule has 19 heteroatoms. The average Bonchev–Trinajstić information content (AvgIpc) is 3.31. The van der Waals surface area contributed by atoms with Gasteiger partial charge in [-0.1, -0.05) is 60.1 Å². The third-order valence-electron chi connectivity index (χ3n) is 20.6. The summed E-state index contributed by atoms with van der Waals surface area (Å²) in [4.78, 5) is 54.6. The summed E-state index contributed by atoms with van der Waals surface area (Å²) in [6.45, 7) is 19.4. The van der Waals surface area contributed by atoms with Crippen LogP contribution in [0.15, 0.2) is 11.6 Å². The fourth-order valence-corrected chi connectivity index (χ4v) is 16.9. The van der Waals surface area contributed by atoms with Crippen molar-refractivity contribution in [3.8, 4) is 0 Å². The van der Waals surface area contributed by atoms with Crippen molar-refractivity contribution in [2.24, 2.45) is 62.1 Å². The van der Waals surface area contributed by atoms with Gasteiger partial charge in [-0.05, 0) is 117 Å². The first kappa shape index (κ1) is 56.9. The molecule has 3 aliphatic heterocycles. The number of rotatable bonds is 12. The molecular formula is C54H84O19. The summed E-state index contributed by atoms with van der Waals surface area (Å²) in [5, 5.41) is 86.8. The van der Waals surface area contributed by atoms with Gasteiger partial charge in [0.05, 0.1) is 26.4 Å². The molecule has 414 valence electrons. The summed E-state index contributed by atoms with van der Waals surface area (Å²) in [7, 11) is 1.10. The average molecular weight is 1040 g/mol. The Kier molecular flexibility index (Phi) is 15.7. The molecule has 8 rings (SSSR count). The molecule has 3 heterocycles. The molecule has 73 heavy (non-hydrogen) atoms. The zero-order valence-corrected chi connectivity index (χ0v) is 44.5. The number of Topliss-reactive ketones (excluding diaryl/α,β-unsaturated/α-hetero) is 3. The first-order chi connectivity index (χ1) is 33.9. The number of hydrogen-bond acceptors (Lipinski definition) is 19. The van der Waals surface area contributed by atoms with E-state index < -0.39 is 139 Å². The van der Waals surface area contributed by atoms with Crippen LogP contribution in [0.4, 0.5) is 0 Å². The number of fused-ring (bicyclic) bond motifs is 7. The number of carbonyl (C=O) groups excluding carboxylic acids is 4. The van der Waals surface area contributed by atoms with Crippen LogP contribution in [0.2, 0.25) is 0 Å². The smallest absolute Gasteiger partial charge is 0.337 e. The van der Waals surface area contributed by atoms with Crippen LogP contribution in [0.5, 0.6) is 0 Å². The van der Waals surface area contributed by atoms with Gasteiger partial charge >= 0.3 is 5.97 Å². The highest BCUT2D eigenvalue weighted by Crippen LogP contribution is 2.78. The third kappa shape index (κ3) is 9.15. The number of aliphatic hydroxyl groups excluding tert-OH is 8. The van der Waals surface area contributed by atoms with Gasteiger partial charge in [0, 0.05) is 23.7 Å². The zero-order chi connectivity index (χ0) is 53.9. The van der Waals surface area contributed by atoms with Crippen molar-refractivity contribution in [1.29, 1.82) is 0 Å². The first-order valence-corrected chi connectivity index (χ1v) is 26.5. The number of hydrogen-bond donors (Lipinski definition) is 8. The number of ketones is 3. The van der Waals surface area contributed by atoms with E-state index in [9.17, 15) is 60.0 Å². The highest BCUT2D eigenvalue weighted by atomic mass is 16.8. The summed E-state index contributed by atoms with van der Waals surface area (Å²) in [5.41, 5.74) is -1.30. The fraction of sp³-hybridized carbons (Fsp3) is 0.889. The van der Waals surface area contributed by atoms with Crippen molar-refractivity contribution in [1.82, 2.24) is 0 Å². The van der Waals surface area contributed by atoms with E-state index in [1.54, 1.807) is 20.8 Å². The highest BCUT2D eigenvalue weighted by molar-refractivity contribution is 5.87. The highest BCUT2D eigenvalue weighted by Gasteiger charge is 2.72. The Hall–Kier alpha value is -2.34. The molecule has 24 atom stereocenters. The lowest BCUT2D eigenvalue weighted by molar-refractivity contribution is -0.392. The maximum atomic E-state index is 14.3. The number of ether oxygens (including phenoxy) is 7. The zero-order valence-electron chi connectivity index (χ0n) is 44.5. The van der Waals surface area contributed by atoms with Crippen molar-refractivity contribution in [2.45, 2.75) is 219 Å². The number of allylic oxidation sites excluding steroid dienone is 2. The molecule has 0 spiro atoms. The molecule has 0 bridgehead atoms. The molecule has 0 unspecified atom stereocenters. The van der Waals surface area contributed by atoms with E-state index in [1.807, 2.05) is 0 Å². The van der Waals surface area contributed by atoms with Gasteiger partial charge in [-0.15, -0.1) is 0 Å². The Balaban J connectivity index is 1.10. The van der Waals surface area contributed by atoms with Gasteiger partial charge in [0.15, 0.2) is 25.0 Å². The van der Waals surface area contributed by atoms with Crippen LogP contribution in [-0.4, -0.2) is 177 Å². The molecule has 8 N–H and O–H groups in total. The van der Waals surface area contributed by atoms with E-state index >= 15 is 0 Å². The van der Waals surface area contributed by atoms with Crippen LogP contribution in [-0.2, 0) is 52.3 Å². The van der Waals surface area contributed by atoms with Gasteiger partial charge in [-0.25, -0.2) is 4.79 Å². The minimum atomic E-state index is -1.93. The van der Waals surface area contributed by atoms with E-state index in [0.29, 0.717) is 25.7 Å². The molecule has 5 aliphatic carbocycles. The van der Waals surface area contributed by atoms with Crippen molar-refractivity contribution in [3.05, 3.63) is 11.6 Å². The second-order valence-electron chi connectivity index (χ2n) is 25.5. The Labute approximate surface area is 428 Å². The molecule has 0 aromatic rings. The standard InChI is InChI=1S/C54H84O19/c1-24(56)18-54-28(25(2)57)19-49(4,5)20-30(54)27-12-13-34-51(8)16-15-35(50(6,7)33(51)14-17-52(34,9)53(27,10)21-29(54)26(3)58)70-48-44(40(64)39(63)42(71-48)45(66)67-11)73-47-43(38(62)37(61)32(22-55)69-47)72-46-41(65)36(60)31(59)23-68-46/h12,28-44,46-48,55,59-65H,13-23H2,1-11H3/t28-,29-,30+,31-,32-,33+,34-,35+,36+,37-,38+,39+,40+,41-,42+,43-,44-,46+,47+,48-,51+,52-,53-,54-/m1/s1. The predicted molar refractivity (Wildman–Crippen MR) is 256 cm³/mol. The SMILES string of the molecule is COC(=O)[C@H]1O[C@@H](O[C@H]2CC[C@]3(C)[C@H]4CC=C5[C@@H]6CC(C)(C)C[C@H](C(C)=O)[C@]6(CC(C)=O)[C@@H](C(C)=O)C[C@@]5(C)[C@]4(C)CC[C@H]3C2(C)C)[C@H](O[C@@H]2O[C@H](CO)[C@@H](O)[C@H](O)[C@H]2O[C@@H]2OC[C@@H](O)[C@H](O)[C@H]2O)[C@@H](O)[C@@H]1O. The summed E-state index contributed by atoms with van der Waals surface area (Å²) in [6, 6.07) is 0. The lowest BCUT2D eigenvalue weighted by Crippen LogP contribution is -2.68. The summed E-state index contributed by atoms with van der Waals surface area (Å²) < 4.78 is 41.5. The van der Waals surface area contributed by atoms with Crippen molar-refractivity contribution < 1.29 is 93.2 Å². The van der Waals surface area contributed by atoms with Crippen LogP contribution in [0, 0.1) is 62.1 Å². The molecular weight excluding hydrogens is 953 g/mol. The third-order valence-corrected chi connectivity index (χ3v) is 20.6. The summed E-state index contributed by atoms with van der Waals surface area (Å²) in [5.74, 6) is -1.79. The van der Waals surface area contributed by atoms with Crippen LogP contribution in [0.1, 0.15) is 127 Å². The number of carbonyl (C=O) groups is 4. The lowest BCUT2D eigenvalue weighted by atomic mass is 9.31. The largest absolute Gasteiger partial charge is 0.467 e. The summed E-state index contributed by atoms with van der Waals surface area (Å²) >= 11 is 0. The van der Waals surface area contributed by atoms with Gasteiger partial charge in [-0.2, -0.15) is 0 Å². The van der Waals surface area contributed by atoms with Gasteiger partial charge < -0.3 is 78.8 Å². The van der Waals surface area contributed by atoms with E-state index in [0.717, 1.165) is 32.8 Å². The molecule has 8 aliphatic rings. The van der Waals surface area contributed by atoms with Crippen LogP contribution in [0.3, 0.4) is 0 Å². The Morgan fingerprint density at radius 3 is 1.89 bits per heavy atom. The van der Waals surface area contributed by atoms with Gasteiger partial charge in [0.25, 0.3) is 0 Å². The Morgan fingerprint density at radius 2 is 1.29 bits per heavy atom. The molecule has 0 aromatic heterocycles. The predicted octanol–water partition coefficient (Wildman–Crippen LogP) is 2.05.